The molecule has 0 saturated carbocycles. The normalized spacial score (nSPS) is 16.9. The van der Waals surface area contributed by atoms with E-state index in [-0.39, 0.29) is 22.7 Å². The first-order valence-electron chi connectivity index (χ1n) is 9.90. The molecule has 1 saturated heterocycles. The smallest absolute Gasteiger partial charge is 0.339 e. The number of esters is 1. The van der Waals surface area contributed by atoms with Crippen LogP contribution in [0.2, 0.25) is 0 Å². The van der Waals surface area contributed by atoms with Crippen LogP contribution in [-0.2, 0) is 19.6 Å². The van der Waals surface area contributed by atoms with Gasteiger partial charge in [-0.05, 0) is 47.9 Å². The lowest BCUT2D eigenvalue weighted by Crippen LogP contribution is -2.43. The van der Waals surface area contributed by atoms with Gasteiger partial charge in [-0.1, -0.05) is 42.5 Å². The third-order valence-electron chi connectivity index (χ3n) is 5.42. The van der Waals surface area contributed by atoms with Gasteiger partial charge in [0.2, 0.25) is 15.9 Å². The van der Waals surface area contributed by atoms with Crippen LogP contribution < -0.4 is 5.32 Å². The summed E-state index contributed by atoms with van der Waals surface area (Å²) in [4.78, 5) is 25.1. The summed E-state index contributed by atoms with van der Waals surface area (Å²) in [5.74, 6) is -1.05. The van der Waals surface area contributed by atoms with Gasteiger partial charge in [-0.3, -0.25) is 4.79 Å². The number of ether oxygens (including phenoxy) is 1. The van der Waals surface area contributed by atoms with E-state index in [1.807, 2.05) is 24.3 Å². The Balaban J connectivity index is 1.61. The molecule has 3 aromatic rings. The third-order valence-corrected chi connectivity index (χ3v) is 7.33. The molecular formula is C23H22N2O5S. The van der Waals surface area contributed by atoms with Crippen molar-refractivity contribution in [1.29, 1.82) is 0 Å². The van der Waals surface area contributed by atoms with Gasteiger partial charge < -0.3 is 10.1 Å². The summed E-state index contributed by atoms with van der Waals surface area (Å²) >= 11 is 0. The second-order valence-electron chi connectivity index (χ2n) is 7.31. The zero-order valence-electron chi connectivity index (χ0n) is 16.9. The second-order valence-corrected chi connectivity index (χ2v) is 9.20. The zero-order valence-corrected chi connectivity index (χ0v) is 17.8. The first-order chi connectivity index (χ1) is 14.9. The Morgan fingerprint density at radius 2 is 1.71 bits per heavy atom. The van der Waals surface area contributed by atoms with Crippen molar-refractivity contribution >= 4 is 38.4 Å². The Hall–Kier alpha value is -3.23. The largest absolute Gasteiger partial charge is 0.465 e. The van der Waals surface area contributed by atoms with Gasteiger partial charge in [-0.15, -0.1) is 0 Å². The molecule has 1 amide bonds. The van der Waals surface area contributed by atoms with Gasteiger partial charge in [0.05, 0.1) is 23.3 Å². The molecule has 0 aliphatic carbocycles. The molecule has 1 aliphatic rings. The molecule has 31 heavy (non-hydrogen) atoms. The molecule has 0 aromatic heterocycles. The van der Waals surface area contributed by atoms with Gasteiger partial charge in [0.15, 0.2) is 0 Å². The van der Waals surface area contributed by atoms with Gasteiger partial charge in [0.25, 0.3) is 0 Å². The van der Waals surface area contributed by atoms with Crippen LogP contribution in [0, 0.1) is 0 Å². The number of rotatable bonds is 5. The Kier molecular flexibility index (Phi) is 5.75. The van der Waals surface area contributed by atoms with Crippen LogP contribution in [0.25, 0.3) is 10.8 Å². The van der Waals surface area contributed by atoms with Crippen LogP contribution in [0.5, 0.6) is 0 Å². The standard InChI is InChI=1S/C23H22N2O5S/c1-30-23(27)19-9-4-5-10-20(19)24-22(26)21-11-6-14-25(21)31(28,29)18-13-12-16-7-2-3-8-17(16)15-18/h2-5,7-10,12-13,15,21H,6,11,14H2,1H3,(H,24,26)/t21-/m1/s1. The van der Waals surface area contributed by atoms with Crippen molar-refractivity contribution in [2.24, 2.45) is 0 Å². The van der Waals surface area contributed by atoms with E-state index in [1.54, 1.807) is 42.5 Å². The number of sulfonamides is 1. The molecule has 3 aromatic carbocycles. The summed E-state index contributed by atoms with van der Waals surface area (Å²) in [6, 6.07) is 18.1. The fraction of sp³-hybridized carbons (Fsp3) is 0.217. The average molecular weight is 439 g/mol. The van der Waals surface area contributed by atoms with Crippen molar-refractivity contribution in [2.45, 2.75) is 23.8 Å². The fourth-order valence-electron chi connectivity index (χ4n) is 3.85. The molecule has 1 heterocycles. The Bertz CT molecular complexity index is 1260. The summed E-state index contributed by atoms with van der Waals surface area (Å²) in [5.41, 5.74) is 0.495. The summed E-state index contributed by atoms with van der Waals surface area (Å²) in [6.45, 7) is 0.256. The van der Waals surface area contributed by atoms with E-state index in [9.17, 15) is 18.0 Å². The molecule has 1 fully saturated rings. The van der Waals surface area contributed by atoms with E-state index in [1.165, 1.54) is 11.4 Å². The molecular weight excluding hydrogens is 416 g/mol. The number of hydrogen-bond donors (Lipinski definition) is 1. The lowest BCUT2D eigenvalue weighted by Gasteiger charge is -2.24. The topological polar surface area (TPSA) is 92.8 Å². The fourth-order valence-corrected chi connectivity index (χ4v) is 5.54. The van der Waals surface area contributed by atoms with Crippen LogP contribution in [0.3, 0.4) is 0 Å². The number of nitrogens with zero attached hydrogens (tertiary/aromatic N) is 1. The number of carbonyl (C=O) groups excluding carboxylic acids is 2. The van der Waals surface area contributed by atoms with Crippen LogP contribution in [0.15, 0.2) is 71.6 Å². The van der Waals surface area contributed by atoms with Crippen molar-refractivity contribution in [2.75, 3.05) is 19.0 Å². The molecule has 1 atom stereocenters. The van der Waals surface area contributed by atoms with Crippen LogP contribution in [0.1, 0.15) is 23.2 Å². The predicted octanol–water partition coefficient (Wildman–Crippen LogP) is 3.42. The molecule has 1 N–H and O–H groups in total. The number of methoxy groups -OCH3 is 1. The predicted molar refractivity (Wildman–Crippen MR) is 117 cm³/mol. The first-order valence-corrected chi connectivity index (χ1v) is 11.3. The van der Waals surface area contributed by atoms with Crippen molar-refractivity contribution in [3.05, 3.63) is 72.3 Å². The number of carbonyl (C=O) groups is 2. The maximum Gasteiger partial charge on any atom is 0.339 e. The highest BCUT2D eigenvalue weighted by Gasteiger charge is 2.39. The molecule has 0 bridgehead atoms. The number of benzene rings is 3. The van der Waals surface area contributed by atoms with Gasteiger partial charge >= 0.3 is 5.97 Å². The average Bonchev–Trinajstić information content (AvgIpc) is 3.30. The van der Waals surface area contributed by atoms with Crippen molar-refractivity contribution in [1.82, 2.24) is 4.31 Å². The number of para-hydroxylation sites is 1. The maximum atomic E-state index is 13.3. The Morgan fingerprint density at radius 1 is 1.00 bits per heavy atom. The van der Waals surface area contributed by atoms with Crippen LogP contribution >= 0.6 is 0 Å². The van der Waals surface area contributed by atoms with Crippen molar-refractivity contribution in [3.63, 3.8) is 0 Å². The molecule has 4 rings (SSSR count). The molecule has 0 radical (unpaired) electrons. The van der Waals surface area contributed by atoms with E-state index in [4.69, 9.17) is 4.74 Å². The maximum absolute atomic E-state index is 13.3. The Morgan fingerprint density at radius 3 is 2.48 bits per heavy atom. The third kappa shape index (κ3) is 4.04. The van der Waals surface area contributed by atoms with Gasteiger partial charge in [0, 0.05) is 6.54 Å². The van der Waals surface area contributed by atoms with Crippen LogP contribution in [-0.4, -0.2) is 44.3 Å². The zero-order chi connectivity index (χ0) is 22.0. The van der Waals surface area contributed by atoms with Crippen LogP contribution in [0.4, 0.5) is 5.69 Å². The lowest BCUT2D eigenvalue weighted by atomic mass is 10.1. The van der Waals surface area contributed by atoms with E-state index in [2.05, 4.69) is 5.32 Å². The molecule has 8 heteroatoms. The minimum atomic E-state index is -3.87. The van der Waals surface area contributed by atoms with Crippen molar-refractivity contribution < 1.29 is 22.7 Å². The van der Waals surface area contributed by atoms with Gasteiger partial charge in [-0.25, -0.2) is 13.2 Å². The minimum absolute atomic E-state index is 0.154. The number of fused-ring (bicyclic) bond motifs is 1. The van der Waals surface area contributed by atoms with E-state index in [0.29, 0.717) is 12.8 Å². The molecule has 160 valence electrons. The summed E-state index contributed by atoms with van der Waals surface area (Å²) in [7, 11) is -2.61. The highest BCUT2D eigenvalue weighted by molar-refractivity contribution is 7.89. The summed E-state index contributed by atoms with van der Waals surface area (Å²) in [5, 5.41) is 4.46. The number of nitrogens with one attached hydrogen (secondary N) is 1. The molecule has 0 unspecified atom stereocenters. The highest BCUT2D eigenvalue weighted by atomic mass is 32.2. The van der Waals surface area contributed by atoms with Crippen molar-refractivity contribution in [3.8, 4) is 0 Å². The summed E-state index contributed by atoms with van der Waals surface area (Å²) in [6.07, 6.45) is 0.975. The quantitative estimate of drug-likeness (QED) is 0.616. The molecule has 7 nitrogen and oxygen atoms in total. The van der Waals surface area contributed by atoms with Gasteiger partial charge in [0.1, 0.15) is 6.04 Å². The monoisotopic (exact) mass is 438 g/mol. The number of hydrogen-bond acceptors (Lipinski definition) is 5. The second kappa shape index (κ2) is 8.49. The Labute approximate surface area is 180 Å². The molecule has 1 aliphatic heterocycles. The number of anilines is 1. The SMILES string of the molecule is COC(=O)c1ccccc1NC(=O)[C@H]1CCCN1S(=O)(=O)c1ccc2ccccc2c1. The minimum Gasteiger partial charge on any atom is -0.465 e. The van der Waals surface area contributed by atoms with E-state index < -0.39 is 27.9 Å². The van der Waals surface area contributed by atoms with Gasteiger partial charge in [-0.2, -0.15) is 4.31 Å². The van der Waals surface area contributed by atoms with E-state index in [0.717, 1.165) is 10.8 Å². The highest BCUT2D eigenvalue weighted by Crippen LogP contribution is 2.29. The first kappa shape index (κ1) is 21.0. The van der Waals surface area contributed by atoms with E-state index >= 15 is 0 Å². The summed E-state index contributed by atoms with van der Waals surface area (Å²) < 4.78 is 32.7. The number of amides is 1. The lowest BCUT2D eigenvalue weighted by molar-refractivity contribution is -0.119. The molecule has 0 spiro atoms.